The van der Waals surface area contributed by atoms with E-state index in [4.69, 9.17) is 18.0 Å². The van der Waals surface area contributed by atoms with Crippen molar-refractivity contribution in [3.63, 3.8) is 0 Å². The summed E-state index contributed by atoms with van der Waals surface area (Å²) >= 11 is 4.99. The van der Waals surface area contributed by atoms with Gasteiger partial charge in [0, 0.05) is 39.3 Å². The number of piperazine rings is 1. The number of nitrogens with zero attached hydrogens (tertiary/aromatic N) is 3. The van der Waals surface area contributed by atoms with Crippen LogP contribution in [0.25, 0.3) is 0 Å². The van der Waals surface area contributed by atoms with Crippen LogP contribution in [0.4, 0.5) is 0 Å². The Morgan fingerprint density at radius 1 is 1.26 bits per heavy atom. The smallest absolute Gasteiger partial charge is 0.235 e. The Bertz CT molecular complexity index is 336. The maximum Gasteiger partial charge on any atom is 0.235 e. The van der Waals surface area contributed by atoms with Gasteiger partial charge in [-0.3, -0.25) is 9.69 Å². The van der Waals surface area contributed by atoms with Crippen molar-refractivity contribution < 1.29 is 4.79 Å². The van der Waals surface area contributed by atoms with Gasteiger partial charge in [-0.15, -0.1) is 0 Å². The predicted molar refractivity (Wildman–Crippen MR) is 82.1 cm³/mol. The summed E-state index contributed by atoms with van der Waals surface area (Å²) in [6.45, 7) is 9.07. The van der Waals surface area contributed by atoms with Crippen molar-refractivity contribution in [1.29, 1.82) is 0 Å². The highest BCUT2D eigenvalue weighted by Crippen LogP contribution is 2.20. The van der Waals surface area contributed by atoms with Gasteiger partial charge in [-0.25, -0.2) is 0 Å². The van der Waals surface area contributed by atoms with E-state index in [0.29, 0.717) is 0 Å². The van der Waals surface area contributed by atoms with Crippen molar-refractivity contribution >= 4 is 23.1 Å². The molecule has 1 aliphatic heterocycles. The second kappa shape index (κ2) is 6.63. The van der Waals surface area contributed by atoms with Crippen LogP contribution < -0.4 is 5.73 Å². The summed E-state index contributed by atoms with van der Waals surface area (Å²) in [7, 11) is 4.15. The molecule has 0 spiro atoms. The molecule has 0 unspecified atom stereocenters. The normalized spacial score (nSPS) is 17.8. The summed E-state index contributed by atoms with van der Waals surface area (Å²) < 4.78 is 0. The van der Waals surface area contributed by atoms with Crippen LogP contribution in [0.2, 0.25) is 0 Å². The van der Waals surface area contributed by atoms with Crippen LogP contribution in [0.15, 0.2) is 0 Å². The van der Waals surface area contributed by atoms with Crippen LogP contribution in [0, 0.1) is 5.41 Å². The molecule has 2 N–H and O–H groups in total. The van der Waals surface area contributed by atoms with E-state index in [0.717, 1.165) is 39.3 Å². The number of carbonyl (C=O) groups is 1. The third kappa shape index (κ3) is 4.40. The minimum absolute atomic E-state index is 0.0484. The first-order chi connectivity index (χ1) is 8.75. The first-order valence-electron chi connectivity index (χ1n) is 6.71. The molecule has 1 fully saturated rings. The van der Waals surface area contributed by atoms with Gasteiger partial charge in [0.15, 0.2) is 0 Å². The van der Waals surface area contributed by atoms with Crippen molar-refractivity contribution in [2.24, 2.45) is 11.1 Å². The third-order valence-corrected chi connectivity index (χ3v) is 4.18. The van der Waals surface area contributed by atoms with Gasteiger partial charge in [-0.05, 0) is 27.9 Å². The zero-order chi connectivity index (χ0) is 14.6. The average molecular weight is 286 g/mol. The van der Waals surface area contributed by atoms with Crippen molar-refractivity contribution in [3.8, 4) is 0 Å². The molecule has 0 aromatic heterocycles. The van der Waals surface area contributed by atoms with Crippen molar-refractivity contribution in [2.75, 3.05) is 53.4 Å². The van der Waals surface area contributed by atoms with Gasteiger partial charge in [0.1, 0.15) is 0 Å². The molecule has 1 saturated heterocycles. The van der Waals surface area contributed by atoms with Crippen molar-refractivity contribution in [2.45, 2.75) is 13.8 Å². The molecular formula is C13H26N4OS. The van der Waals surface area contributed by atoms with Gasteiger partial charge >= 0.3 is 0 Å². The fourth-order valence-corrected chi connectivity index (χ4v) is 2.10. The van der Waals surface area contributed by atoms with Gasteiger partial charge in [0.2, 0.25) is 5.91 Å². The molecule has 0 aromatic rings. The minimum Gasteiger partial charge on any atom is -0.392 e. The molecule has 1 aliphatic rings. The molecule has 110 valence electrons. The summed E-state index contributed by atoms with van der Waals surface area (Å²) in [5.41, 5.74) is 4.92. The topological polar surface area (TPSA) is 52.8 Å². The highest BCUT2D eigenvalue weighted by atomic mass is 32.1. The lowest BCUT2D eigenvalue weighted by Gasteiger charge is -2.38. The van der Waals surface area contributed by atoms with E-state index in [1.807, 2.05) is 4.90 Å². The number of nitrogens with two attached hydrogens (primary N) is 1. The highest BCUT2D eigenvalue weighted by molar-refractivity contribution is 7.80. The molecule has 1 heterocycles. The monoisotopic (exact) mass is 286 g/mol. The first-order valence-corrected chi connectivity index (χ1v) is 7.12. The summed E-state index contributed by atoms with van der Waals surface area (Å²) in [5.74, 6) is 0.0484. The van der Waals surface area contributed by atoms with E-state index in [9.17, 15) is 4.79 Å². The summed E-state index contributed by atoms with van der Waals surface area (Å²) in [6, 6.07) is 0. The second-order valence-electron chi connectivity index (χ2n) is 5.93. The Hall–Kier alpha value is -0.720. The molecule has 0 atom stereocenters. The number of amides is 1. The Kier molecular flexibility index (Phi) is 5.70. The maximum atomic E-state index is 12.4. The quantitative estimate of drug-likeness (QED) is 0.721. The lowest BCUT2D eigenvalue weighted by atomic mass is 9.91. The van der Waals surface area contributed by atoms with Gasteiger partial charge in [-0.1, -0.05) is 12.2 Å². The van der Waals surface area contributed by atoms with E-state index in [1.54, 1.807) is 13.8 Å². The molecule has 1 rings (SSSR count). The van der Waals surface area contributed by atoms with Gasteiger partial charge in [-0.2, -0.15) is 0 Å². The van der Waals surface area contributed by atoms with Crippen LogP contribution in [0.5, 0.6) is 0 Å². The van der Waals surface area contributed by atoms with Crippen LogP contribution >= 0.6 is 12.2 Å². The standard InChI is InChI=1S/C13H26N4OS/c1-13(2,11(14)19)12(18)17-9-7-16(8-10-17)6-5-15(3)4/h5-10H2,1-4H3,(H2,14,19). The lowest BCUT2D eigenvalue weighted by molar-refractivity contribution is -0.138. The van der Waals surface area contributed by atoms with Crippen molar-refractivity contribution in [1.82, 2.24) is 14.7 Å². The number of hydrogen-bond donors (Lipinski definition) is 1. The highest BCUT2D eigenvalue weighted by Gasteiger charge is 2.35. The number of likely N-dealkylation sites (N-methyl/N-ethyl adjacent to an activating group) is 1. The molecule has 0 saturated carbocycles. The molecule has 0 aliphatic carbocycles. The van der Waals surface area contributed by atoms with Gasteiger partial charge in [0.25, 0.3) is 0 Å². The fourth-order valence-electron chi connectivity index (χ4n) is 2.02. The lowest BCUT2D eigenvalue weighted by Crippen LogP contribution is -2.55. The van der Waals surface area contributed by atoms with Crippen LogP contribution in [0.3, 0.4) is 0 Å². The first kappa shape index (κ1) is 16.3. The van der Waals surface area contributed by atoms with E-state index in [-0.39, 0.29) is 10.9 Å². The van der Waals surface area contributed by atoms with Gasteiger partial charge in [0.05, 0.1) is 10.4 Å². The zero-order valence-electron chi connectivity index (χ0n) is 12.5. The molecule has 0 bridgehead atoms. The fraction of sp³-hybridized carbons (Fsp3) is 0.846. The van der Waals surface area contributed by atoms with Gasteiger partial charge < -0.3 is 15.5 Å². The number of hydrogen-bond acceptors (Lipinski definition) is 4. The molecule has 5 nitrogen and oxygen atoms in total. The summed E-state index contributed by atoms with van der Waals surface area (Å²) in [4.78, 5) is 19.1. The third-order valence-electron chi connectivity index (χ3n) is 3.67. The van der Waals surface area contributed by atoms with E-state index >= 15 is 0 Å². The van der Waals surface area contributed by atoms with Crippen LogP contribution in [0.1, 0.15) is 13.8 Å². The molecule has 0 aromatic carbocycles. The second-order valence-corrected chi connectivity index (χ2v) is 6.37. The number of carbonyl (C=O) groups excluding carboxylic acids is 1. The Labute approximate surface area is 121 Å². The van der Waals surface area contributed by atoms with Crippen LogP contribution in [-0.2, 0) is 4.79 Å². The van der Waals surface area contributed by atoms with E-state index in [1.165, 1.54) is 0 Å². The van der Waals surface area contributed by atoms with Crippen molar-refractivity contribution in [3.05, 3.63) is 0 Å². The molecule has 19 heavy (non-hydrogen) atoms. The van der Waals surface area contributed by atoms with Crippen LogP contribution in [-0.4, -0.2) is 79.0 Å². The molecule has 0 radical (unpaired) electrons. The largest absolute Gasteiger partial charge is 0.392 e. The number of rotatable bonds is 5. The summed E-state index contributed by atoms with van der Waals surface area (Å²) in [6.07, 6.45) is 0. The average Bonchev–Trinajstić information content (AvgIpc) is 2.35. The molecule has 6 heteroatoms. The Morgan fingerprint density at radius 3 is 2.21 bits per heavy atom. The number of thiocarbonyl (C=S) groups is 1. The summed E-state index contributed by atoms with van der Waals surface area (Å²) in [5, 5.41) is 0. The SMILES string of the molecule is CN(C)CCN1CCN(C(=O)C(C)(C)C(N)=S)CC1. The molecular weight excluding hydrogens is 260 g/mol. The predicted octanol–water partition coefficient (Wildman–Crippen LogP) is 0.00450. The molecule has 1 amide bonds. The Morgan fingerprint density at radius 2 is 1.79 bits per heavy atom. The van der Waals surface area contributed by atoms with E-state index in [2.05, 4.69) is 23.9 Å². The van der Waals surface area contributed by atoms with E-state index < -0.39 is 5.41 Å². The Balaban J connectivity index is 2.46. The minimum atomic E-state index is -0.735. The zero-order valence-corrected chi connectivity index (χ0v) is 13.3. The maximum absolute atomic E-state index is 12.4.